The predicted octanol–water partition coefficient (Wildman–Crippen LogP) is 0.978. The zero-order chi connectivity index (χ0) is 10.8. The SMILES string of the molecule is COCC#CCO[C@@H](C)/C=C/C(C)O. The van der Waals surface area contributed by atoms with Crippen LogP contribution in [-0.2, 0) is 9.47 Å². The number of methoxy groups -OCH3 is 1. The summed E-state index contributed by atoms with van der Waals surface area (Å²) < 4.78 is 10.1. The van der Waals surface area contributed by atoms with E-state index in [9.17, 15) is 0 Å². The van der Waals surface area contributed by atoms with E-state index in [1.54, 1.807) is 20.1 Å². The van der Waals surface area contributed by atoms with Crippen molar-refractivity contribution < 1.29 is 14.6 Å². The standard InChI is InChI=1S/C11H18O3/c1-10(12)6-7-11(2)14-9-5-4-8-13-3/h6-7,10-12H,8-9H2,1-3H3/b7-6+/t10?,11-/m0/s1. The molecule has 0 aliphatic rings. The molecule has 3 nitrogen and oxygen atoms in total. The van der Waals surface area contributed by atoms with Crippen LogP contribution >= 0.6 is 0 Å². The van der Waals surface area contributed by atoms with Gasteiger partial charge in [0.25, 0.3) is 0 Å². The van der Waals surface area contributed by atoms with Crippen LogP contribution in [-0.4, -0.2) is 37.6 Å². The Labute approximate surface area is 85.7 Å². The molecule has 0 bridgehead atoms. The highest BCUT2D eigenvalue weighted by Gasteiger charge is 1.94. The third-order valence-corrected chi connectivity index (χ3v) is 1.42. The summed E-state index contributed by atoms with van der Waals surface area (Å²) in [5.74, 6) is 5.60. The van der Waals surface area contributed by atoms with Crippen LogP contribution in [0, 0.1) is 11.8 Å². The lowest BCUT2D eigenvalue weighted by Crippen LogP contribution is -2.06. The summed E-state index contributed by atoms with van der Waals surface area (Å²) in [6, 6.07) is 0. The van der Waals surface area contributed by atoms with E-state index in [0.717, 1.165) is 0 Å². The van der Waals surface area contributed by atoms with Gasteiger partial charge in [-0.1, -0.05) is 24.0 Å². The molecule has 0 aliphatic carbocycles. The lowest BCUT2D eigenvalue weighted by atomic mass is 10.3. The van der Waals surface area contributed by atoms with Crippen LogP contribution < -0.4 is 0 Å². The zero-order valence-corrected chi connectivity index (χ0v) is 8.99. The summed E-state index contributed by atoms with van der Waals surface area (Å²) in [4.78, 5) is 0. The molecule has 80 valence electrons. The molecular formula is C11H18O3. The molecule has 0 fully saturated rings. The second-order valence-electron chi connectivity index (χ2n) is 2.93. The molecule has 0 spiro atoms. The number of hydrogen-bond acceptors (Lipinski definition) is 3. The van der Waals surface area contributed by atoms with E-state index >= 15 is 0 Å². The van der Waals surface area contributed by atoms with Gasteiger partial charge in [0.15, 0.2) is 0 Å². The Morgan fingerprint density at radius 1 is 1.21 bits per heavy atom. The molecule has 1 unspecified atom stereocenters. The van der Waals surface area contributed by atoms with Crippen molar-refractivity contribution in [3.63, 3.8) is 0 Å². The largest absolute Gasteiger partial charge is 0.389 e. The number of aliphatic hydroxyl groups is 1. The van der Waals surface area contributed by atoms with E-state index in [2.05, 4.69) is 11.8 Å². The summed E-state index contributed by atoms with van der Waals surface area (Å²) in [6.07, 6.45) is 3.04. The second kappa shape index (κ2) is 8.76. The second-order valence-corrected chi connectivity index (χ2v) is 2.93. The molecule has 0 aliphatic heterocycles. The summed E-state index contributed by atoms with van der Waals surface area (Å²) in [7, 11) is 1.60. The van der Waals surface area contributed by atoms with Crippen LogP contribution in [0.4, 0.5) is 0 Å². The molecule has 0 saturated carbocycles. The third kappa shape index (κ3) is 9.27. The maximum absolute atomic E-state index is 8.96. The molecule has 1 N–H and O–H groups in total. The first-order chi connectivity index (χ1) is 6.66. The van der Waals surface area contributed by atoms with Crippen molar-refractivity contribution in [1.82, 2.24) is 0 Å². The normalized spacial score (nSPS) is 14.9. The van der Waals surface area contributed by atoms with Crippen molar-refractivity contribution in [2.75, 3.05) is 20.3 Å². The van der Waals surface area contributed by atoms with Gasteiger partial charge < -0.3 is 14.6 Å². The Balaban J connectivity index is 3.55. The molecular weight excluding hydrogens is 180 g/mol. The van der Waals surface area contributed by atoms with Crippen LogP contribution in [0.5, 0.6) is 0 Å². The molecule has 0 aromatic rings. The maximum Gasteiger partial charge on any atom is 0.108 e. The predicted molar refractivity (Wildman–Crippen MR) is 55.9 cm³/mol. The quantitative estimate of drug-likeness (QED) is 0.528. The smallest absolute Gasteiger partial charge is 0.108 e. The summed E-state index contributed by atoms with van der Waals surface area (Å²) in [6.45, 7) is 4.41. The van der Waals surface area contributed by atoms with Crippen molar-refractivity contribution in [3.8, 4) is 11.8 Å². The highest BCUT2D eigenvalue weighted by molar-refractivity contribution is 5.00. The van der Waals surface area contributed by atoms with Crippen LogP contribution in [0.25, 0.3) is 0 Å². The van der Waals surface area contributed by atoms with Crippen molar-refractivity contribution in [2.45, 2.75) is 26.1 Å². The minimum absolute atomic E-state index is 0.0264. The molecule has 0 amide bonds. The van der Waals surface area contributed by atoms with E-state index in [1.165, 1.54) is 0 Å². The van der Waals surface area contributed by atoms with E-state index in [0.29, 0.717) is 13.2 Å². The minimum Gasteiger partial charge on any atom is -0.389 e. The fraction of sp³-hybridized carbons (Fsp3) is 0.636. The number of aliphatic hydroxyl groups excluding tert-OH is 1. The Bertz CT molecular complexity index is 210. The van der Waals surface area contributed by atoms with Crippen LogP contribution in [0.2, 0.25) is 0 Å². The molecule has 0 heterocycles. The van der Waals surface area contributed by atoms with Crippen LogP contribution in [0.1, 0.15) is 13.8 Å². The molecule has 3 heteroatoms. The van der Waals surface area contributed by atoms with E-state index < -0.39 is 6.10 Å². The van der Waals surface area contributed by atoms with Crippen LogP contribution in [0.3, 0.4) is 0 Å². The van der Waals surface area contributed by atoms with Crippen molar-refractivity contribution in [2.24, 2.45) is 0 Å². The number of rotatable bonds is 5. The van der Waals surface area contributed by atoms with Gasteiger partial charge in [-0.3, -0.25) is 0 Å². The molecule has 0 rings (SSSR count). The van der Waals surface area contributed by atoms with Crippen LogP contribution in [0.15, 0.2) is 12.2 Å². The summed E-state index contributed by atoms with van der Waals surface area (Å²) in [5.41, 5.74) is 0. The Morgan fingerprint density at radius 3 is 2.43 bits per heavy atom. The molecule has 0 saturated heterocycles. The lowest BCUT2D eigenvalue weighted by molar-refractivity contribution is 0.125. The highest BCUT2D eigenvalue weighted by atomic mass is 16.5. The van der Waals surface area contributed by atoms with Gasteiger partial charge in [-0.25, -0.2) is 0 Å². The van der Waals surface area contributed by atoms with Gasteiger partial charge in [-0.15, -0.1) is 0 Å². The zero-order valence-electron chi connectivity index (χ0n) is 8.99. The molecule has 14 heavy (non-hydrogen) atoms. The highest BCUT2D eigenvalue weighted by Crippen LogP contribution is 1.94. The van der Waals surface area contributed by atoms with Gasteiger partial charge in [0, 0.05) is 7.11 Å². The average molecular weight is 198 g/mol. The Hall–Kier alpha value is -0.820. The topological polar surface area (TPSA) is 38.7 Å². The first kappa shape index (κ1) is 13.2. The number of hydrogen-bond donors (Lipinski definition) is 1. The minimum atomic E-state index is -0.430. The summed E-state index contributed by atoms with van der Waals surface area (Å²) in [5, 5.41) is 8.96. The van der Waals surface area contributed by atoms with Gasteiger partial charge in [0.05, 0.1) is 12.2 Å². The van der Waals surface area contributed by atoms with Gasteiger partial charge >= 0.3 is 0 Å². The maximum atomic E-state index is 8.96. The van der Waals surface area contributed by atoms with Crippen molar-refractivity contribution >= 4 is 0 Å². The molecule has 0 aromatic carbocycles. The monoisotopic (exact) mass is 198 g/mol. The first-order valence-corrected chi connectivity index (χ1v) is 4.59. The van der Waals surface area contributed by atoms with Crippen molar-refractivity contribution in [3.05, 3.63) is 12.2 Å². The molecule has 2 atom stereocenters. The van der Waals surface area contributed by atoms with Crippen molar-refractivity contribution in [1.29, 1.82) is 0 Å². The van der Waals surface area contributed by atoms with Gasteiger partial charge in [0.2, 0.25) is 0 Å². The fourth-order valence-electron chi connectivity index (χ4n) is 0.720. The molecule has 0 aromatic heterocycles. The van der Waals surface area contributed by atoms with E-state index in [4.69, 9.17) is 14.6 Å². The number of ether oxygens (including phenoxy) is 2. The third-order valence-electron chi connectivity index (χ3n) is 1.42. The average Bonchev–Trinajstić information content (AvgIpc) is 2.14. The lowest BCUT2D eigenvalue weighted by Gasteiger charge is -2.05. The van der Waals surface area contributed by atoms with E-state index in [1.807, 2.05) is 13.0 Å². The van der Waals surface area contributed by atoms with Gasteiger partial charge in [-0.2, -0.15) is 0 Å². The van der Waals surface area contributed by atoms with Gasteiger partial charge in [-0.05, 0) is 13.8 Å². The van der Waals surface area contributed by atoms with E-state index in [-0.39, 0.29) is 6.10 Å². The molecule has 0 radical (unpaired) electrons. The summed E-state index contributed by atoms with van der Waals surface area (Å²) >= 11 is 0. The fourth-order valence-corrected chi connectivity index (χ4v) is 0.720. The Kier molecular flexibility index (Phi) is 8.25. The Morgan fingerprint density at radius 2 is 1.86 bits per heavy atom. The first-order valence-electron chi connectivity index (χ1n) is 4.59. The van der Waals surface area contributed by atoms with Gasteiger partial charge in [0.1, 0.15) is 13.2 Å².